The van der Waals surface area contributed by atoms with Crippen LogP contribution in [0.1, 0.15) is 5.56 Å². The summed E-state index contributed by atoms with van der Waals surface area (Å²) in [7, 11) is 0. The Balaban J connectivity index is 2.04. The van der Waals surface area contributed by atoms with Crippen molar-refractivity contribution in [1.29, 1.82) is 0 Å². The van der Waals surface area contributed by atoms with E-state index in [1.165, 1.54) is 16.7 Å². The van der Waals surface area contributed by atoms with Crippen molar-refractivity contribution in [1.82, 2.24) is 4.90 Å². The quantitative estimate of drug-likeness (QED) is 0.811. The summed E-state index contributed by atoms with van der Waals surface area (Å²) >= 11 is 0. The molecular formula is C17H21NO2. The van der Waals surface area contributed by atoms with Crippen LogP contribution >= 0.6 is 0 Å². The summed E-state index contributed by atoms with van der Waals surface area (Å²) in [6.07, 6.45) is 0. The molecule has 0 saturated carbocycles. The molecule has 0 unspecified atom stereocenters. The number of benzene rings is 2. The summed E-state index contributed by atoms with van der Waals surface area (Å²) in [5.41, 5.74) is 3.60. The van der Waals surface area contributed by atoms with E-state index in [-0.39, 0.29) is 13.2 Å². The van der Waals surface area contributed by atoms with Crippen LogP contribution in [0.2, 0.25) is 0 Å². The number of nitrogens with zero attached hydrogens (tertiary/aromatic N) is 1. The molecule has 0 aromatic heterocycles. The third kappa shape index (κ3) is 4.17. The fraction of sp³-hybridized carbons (Fsp3) is 0.294. The van der Waals surface area contributed by atoms with Crippen molar-refractivity contribution in [3.63, 3.8) is 0 Å². The van der Waals surface area contributed by atoms with Gasteiger partial charge in [-0.05, 0) is 16.7 Å². The number of hydrogen-bond acceptors (Lipinski definition) is 3. The smallest absolute Gasteiger partial charge is 0.0558 e. The van der Waals surface area contributed by atoms with Crippen LogP contribution in [0.4, 0.5) is 0 Å². The average molecular weight is 271 g/mol. The van der Waals surface area contributed by atoms with Gasteiger partial charge in [-0.3, -0.25) is 4.90 Å². The minimum Gasteiger partial charge on any atom is -0.395 e. The lowest BCUT2D eigenvalue weighted by molar-refractivity contribution is 0.156. The Morgan fingerprint density at radius 3 is 1.80 bits per heavy atom. The van der Waals surface area contributed by atoms with Crippen molar-refractivity contribution in [3.05, 3.63) is 60.2 Å². The molecule has 20 heavy (non-hydrogen) atoms. The molecule has 0 aliphatic carbocycles. The van der Waals surface area contributed by atoms with Gasteiger partial charge in [0, 0.05) is 19.6 Å². The highest BCUT2D eigenvalue weighted by atomic mass is 16.3. The summed E-state index contributed by atoms with van der Waals surface area (Å²) in [6.45, 7) is 2.14. The van der Waals surface area contributed by atoms with Crippen molar-refractivity contribution in [2.75, 3.05) is 26.3 Å². The first-order valence-corrected chi connectivity index (χ1v) is 6.92. The van der Waals surface area contributed by atoms with Crippen LogP contribution in [0, 0.1) is 0 Å². The van der Waals surface area contributed by atoms with Gasteiger partial charge in [-0.2, -0.15) is 0 Å². The maximum atomic E-state index is 9.01. The first kappa shape index (κ1) is 14.7. The molecule has 0 radical (unpaired) electrons. The molecule has 2 N–H and O–H groups in total. The Labute approximate surface area is 120 Å². The lowest BCUT2D eigenvalue weighted by atomic mass is 10.0. The van der Waals surface area contributed by atoms with Crippen molar-refractivity contribution in [2.45, 2.75) is 6.54 Å². The summed E-state index contributed by atoms with van der Waals surface area (Å²) in [4.78, 5) is 2.04. The molecule has 2 aromatic carbocycles. The topological polar surface area (TPSA) is 43.7 Å². The van der Waals surface area contributed by atoms with Gasteiger partial charge in [-0.1, -0.05) is 54.6 Å². The molecule has 0 atom stereocenters. The van der Waals surface area contributed by atoms with Gasteiger partial charge in [-0.15, -0.1) is 0 Å². The van der Waals surface area contributed by atoms with Gasteiger partial charge < -0.3 is 10.2 Å². The Bertz CT molecular complexity index is 490. The molecule has 0 aliphatic rings. The molecule has 0 heterocycles. The van der Waals surface area contributed by atoms with Gasteiger partial charge in [0.25, 0.3) is 0 Å². The highest BCUT2D eigenvalue weighted by Gasteiger charge is 2.05. The molecule has 106 valence electrons. The van der Waals surface area contributed by atoms with E-state index in [0.29, 0.717) is 13.1 Å². The first-order valence-electron chi connectivity index (χ1n) is 6.92. The van der Waals surface area contributed by atoms with Crippen LogP contribution in [0.25, 0.3) is 11.1 Å². The van der Waals surface area contributed by atoms with Crippen LogP contribution in [-0.2, 0) is 6.54 Å². The van der Waals surface area contributed by atoms with Gasteiger partial charge in [0.05, 0.1) is 13.2 Å². The van der Waals surface area contributed by atoms with Gasteiger partial charge in [0.1, 0.15) is 0 Å². The van der Waals surface area contributed by atoms with Crippen molar-refractivity contribution >= 4 is 0 Å². The fourth-order valence-corrected chi connectivity index (χ4v) is 2.24. The predicted molar refractivity (Wildman–Crippen MR) is 81.3 cm³/mol. The van der Waals surface area contributed by atoms with Crippen LogP contribution in [0.3, 0.4) is 0 Å². The lowest BCUT2D eigenvalue weighted by Gasteiger charge is -2.20. The molecule has 2 rings (SSSR count). The standard InChI is InChI=1S/C17H21NO2/c19-12-10-18(11-13-20)14-15-6-8-17(9-7-15)16-4-2-1-3-5-16/h1-9,19-20H,10-14H2. The van der Waals surface area contributed by atoms with Crippen molar-refractivity contribution in [3.8, 4) is 11.1 Å². The largest absolute Gasteiger partial charge is 0.395 e. The summed E-state index contributed by atoms with van der Waals surface area (Å²) in [5, 5.41) is 18.0. The van der Waals surface area contributed by atoms with E-state index in [9.17, 15) is 0 Å². The van der Waals surface area contributed by atoms with Crippen LogP contribution in [0.5, 0.6) is 0 Å². The first-order chi connectivity index (χ1) is 9.83. The second-order valence-corrected chi connectivity index (χ2v) is 4.79. The Morgan fingerprint density at radius 1 is 0.700 bits per heavy atom. The molecule has 0 aliphatic heterocycles. The minimum atomic E-state index is 0.113. The predicted octanol–water partition coefficient (Wildman–Crippen LogP) is 2.14. The van der Waals surface area contributed by atoms with E-state index in [1.54, 1.807) is 0 Å². The molecule has 3 nitrogen and oxygen atoms in total. The Hall–Kier alpha value is -1.68. The fourth-order valence-electron chi connectivity index (χ4n) is 2.24. The SMILES string of the molecule is OCCN(CCO)Cc1ccc(-c2ccccc2)cc1. The molecule has 0 saturated heterocycles. The van der Waals surface area contributed by atoms with E-state index >= 15 is 0 Å². The number of aliphatic hydroxyl groups excluding tert-OH is 2. The summed E-state index contributed by atoms with van der Waals surface area (Å²) < 4.78 is 0. The second kappa shape index (κ2) is 7.80. The molecule has 0 fully saturated rings. The zero-order valence-electron chi connectivity index (χ0n) is 11.6. The van der Waals surface area contributed by atoms with Crippen molar-refractivity contribution < 1.29 is 10.2 Å². The van der Waals surface area contributed by atoms with E-state index < -0.39 is 0 Å². The highest BCUT2D eigenvalue weighted by molar-refractivity contribution is 5.63. The van der Waals surface area contributed by atoms with Crippen LogP contribution < -0.4 is 0 Å². The Morgan fingerprint density at radius 2 is 1.25 bits per heavy atom. The highest BCUT2D eigenvalue weighted by Crippen LogP contribution is 2.19. The van der Waals surface area contributed by atoms with E-state index in [1.807, 2.05) is 23.1 Å². The monoisotopic (exact) mass is 271 g/mol. The molecule has 0 bridgehead atoms. The maximum Gasteiger partial charge on any atom is 0.0558 e. The third-order valence-corrected chi connectivity index (χ3v) is 3.30. The van der Waals surface area contributed by atoms with Gasteiger partial charge in [-0.25, -0.2) is 0 Å². The summed E-state index contributed by atoms with van der Waals surface area (Å²) in [5.74, 6) is 0. The van der Waals surface area contributed by atoms with Gasteiger partial charge in [0.2, 0.25) is 0 Å². The molecule has 2 aromatic rings. The number of rotatable bonds is 7. The summed E-state index contributed by atoms with van der Waals surface area (Å²) in [6, 6.07) is 18.7. The van der Waals surface area contributed by atoms with E-state index in [0.717, 1.165) is 6.54 Å². The molecule has 0 spiro atoms. The van der Waals surface area contributed by atoms with E-state index in [4.69, 9.17) is 10.2 Å². The zero-order valence-corrected chi connectivity index (χ0v) is 11.6. The average Bonchev–Trinajstić information content (AvgIpc) is 2.49. The zero-order chi connectivity index (χ0) is 14.2. The molecule has 0 amide bonds. The number of aliphatic hydroxyl groups is 2. The van der Waals surface area contributed by atoms with Crippen LogP contribution in [-0.4, -0.2) is 41.4 Å². The Kier molecular flexibility index (Phi) is 5.74. The van der Waals surface area contributed by atoms with Crippen molar-refractivity contribution in [2.24, 2.45) is 0 Å². The normalized spacial score (nSPS) is 10.9. The lowest BCUT2D eigenvalue weighted by Crippen LogP contribution is -2.29. The third-order valence-electron chi connectivity index (χ3n) is 3.30. The maximum absolute atomic E-state index is 9.01. The molecule has 3 heteroatoms. The van der Waals surface area contributed by atoms with Crippen LogP contribution in [0.15, 0.2) is 54.6 Å². The van der Waals surface area contributed by atoms with Gasteiger partial charge in [0.15, 0.2) is 0 Å². The second-order valence-electron chi connectivity index (χ2n) is 4.79. The van der Waals surface area contributed by atoms with E-state index in [2.05, 4.69) is 36.4 Å². The number of hydrogen-bond donors (Lipinski definition) is 2. The van der Waals surface area contributed by atoms with Gasteiger partial charge >= 0.3 is 0 Å². The minimum absolute atomic E-state index is 0.113. The molecular weight excluding hydrogens is 250 g/mol.